The SMILES string of the molecule is C=CC(=O)OCCCCCCOc1ccc2ccc(N)cc2c1. The Balaban J connectivity index is 1.64. The molecular weight excluding hydrogens is 290 g/mol. The van der Waals surface area contributed by atoms with E-state index in [0.717, 1.165) is 47.9 Å². The molecule has 2 aromatic carbocycles. The van der Waals surface area contributed by atoms with Crippen LogP contribution < -0.4 is 10.5 Å². The molecule has 0 saturated heterocycles. The summed E-state index contributed by atoms with van der Waals surface area (Å²) < 4.78 is 10.7. The largest absolute Gasteiger partial charge is 0.494 e. The smallest absolute Gasteiger partial charge is 0.330 e. The third kappa shape index (κ3) is 5.66. The number of rotatable bonds is 9. The van der Waals surface area contributed by atoms with Crippen molar-refractivity contribution in [2.75, 3.05) is 18.9 Å². The van der Waals surface area contributed by atoms with E-state index >= 15 is 0 Å². The Bertz CT molecular complexity index is 667. The van der Waals surface area contributed by atoms with Crippen LogP contribution in [0.15, 0.2) is 49.1 Å². The van der Waals surface area contributed by atoms with E-state index in [4.69, 9.17) is 15.2 Å². The predicted molar refractivity (Wildman–Crippen MR) is 93.5 cm³/mol. The highest BCUT2D eigenvalue weighted by atomic mass is 16.5. The standard InChI is InChI=1S/C19H23NO3/c1-2-19(21)23-12-6-4-3-5-11-22-18-10-8-15-7-9-17(20)13-16(15)14-18/h2,7-10,13-14H,1,3-6,11-12,20H2. The molecule has 0 aromatic heterocycles. The summed E-state index contributed by atoms with van der Waals surface area (Å²) >= 11 is 0. The molecule has 0 atom stereocenters. The molecule has 4 nitrogen and oxygen atoms in total. The van der Waals surface area contributed by atoms with Gasteiger partial charge in [-0.15, -0.1) is 0 Å². The number of hydrogen-bond donors (Lipinski definition) is 1. The van der Waals surface area contributed by atoms with Gasteiger partial charge in [0.05, 0.1) is 13.2 Å². The number of hydrogen-bond acceptors (Lipinski definition) is 4. The van der Waals surface area contributed by atoms with Gasteiger partial charge in [-0.3, -0.25) is 0 Å². The monoisotopic (exact) mass is 313 g/mol. The van der Waals surface area contributed by atoms with Crippen molar-refractivity contribution in [3.63, 3.8) is 0 Å². The van der Waals surface area contributed by atoms with Gasteiger partial charge >= 0.3 is 5.97 Å². The van der Waals surface area contributed by atoms with Crippen LogP contribution in [-0.4, -0.2) is 19.2 Å². The number of benzene rings is 2. The quantitative estimate of drug-likeness (QED) is 0.328. The number of carbonyl (C=O) groups excluding carboxylic acids is 1. The number of unbranched alkanes of at least 4 members (excludes halogenated alkanes) is 3. The molecule has 2 N–H and O–H groups in total. The fraction of sp³-hybridized carbons (Fsp3) is 0.316. The summed E-state index contributed by atoms with van der Waals surface area (Å²) in [6, 6.07) is 11.9. The van der Waals surface area contributed by atoms with E-state index in [1.165, 1.54) is 6.08 Å². The highest BCUT2D eigenvalue weighted by Crippen LogP contribution is 2.23. The number of ether oxygens (including phenoxy) is 2. The molecule has 0 fully saturated rings. The number of nitrogens with two attached hydrogens (primary N) is 1. The van der Waals surface area contributed by atoms with E-state index in [1.54, 1.807) is 0 Å². The van der Waals surface area contributed by atoms with Crippen molar-refractivity contribution < 1.29 is 14.3 Å². The maximum Gasteiger partial charge on any atom is 0.330 e. The Morgan fingerprint density at radius 2 is 1.74 bits per heavy atom. The second-order valence-corrected chi connectivity index (χ2v) is 5.40. The Hall–Kier alpha value is -2.49. The summed E-state index contributed by atoms with van der Waals surface area (Å²) in [5.41, 5.74) is 6.56. The highest BCUT2D eigenvalue weighted by molar-refractivity contribution is 5.86. The maximum atomic E-state index is 10.8. The minimum absolute atomic E-state index is 0.356. The molecule has 23 heavy (non-hydrogen) atoms. The van der Waals surface area contributed by atoms with Gasteiger partial charge in [0.25, 0.3) is 0 Å². The summed E-state index contributed by atoms with van der Waals surface area (Å²) in [4.78, 5) is 10.8. The summed E-state index contributed by atoms with van der Waals surface area (Å²) in [5.74, 6) is 0.508. The average molecular weight is 313 g/mol. The van der Waals surface area contributed by atoms with Gasteiger partial charge in [0.15, 0.2) is 0 Å². The van der Waals surface area contributed by atoms with Gasteiger partial charge < -0.3 is 15.2 Å². The van der Waals surface area contributed by atoms with Gasteiger partial charge in [0.2, 0.25) is 0 Å². The van der Waals surface area contributed by atoms with E-state index in [-0.39, 0.29) is 5.97 Å². The molecule has 0 amide bonds. The fourth-order valence-corrected chi connectivity index (χ4v) is 2.31. The van der Waals surface area contributed by atoms with Crippen LogP contribution in [0.2, 0.25) is 0 Å². The van der Waals surface area contributed by atoms with Crippen molar-refractivity contribution in [3.05, 3.63) is 49.1 Å². The van der Waals surface area contributed by atoms with Gasteiger partial charge in [-0.25, -0.2) is 4.79 Å². The van der Waals surface area contributed by atoms with Crippen LogP contribution in [-0.2, 0) is 9.53 Å². The van der Waals surface area contributed by atoms with Crippen molar-refractivity contribution in [1.29, 1.82) is 0 Å². The van der Waals surface area contributed by atoms with E-state index in [0.29, 0.717) is 13.2 Å². The van der Waals surface area contributed by atoms with Gasteiger partial charge in [-0.2, -0.15) is 0 Å². The van der Waals surface area contributed by atoms with Crippen molar-refractivity contribution in [2.24, 2.45) is 0 Å². The lowest BCUT2D eigenvalue weighted by Crippen LogP contribution is -2.02. The minimum atomic E-state index is -0.356. The summed E-state index contributed by atoms with van der Waals surface area (Å²) in [7, 11) is 0. The molecule has 4 heteroatoms. The molecule has 0 radical (unpaired) electrons. The molecule has 0 heterocycles. The number of nitrogen functional groups attached to an aromatic ring is 1. The Labute approximate surface area is 136 Å². The summed E-state index contributed by atoms with van der Waals surface area (Å²) in [6.45, 7) is 4.49. The van der Waals surface area contributed by atoms with Gasteiger partial charge in [-0.05, 0) is 60.7 Å². The molecule has 2 rings (SSSR count). The molecular formula is C19H23NO3. The molecule has 0 aliphatic rings. The lowest BCUT2D eigenvalue weighted by atomic mass is 10.1. The predicted octanol–water partition coefficient (Wildman–Crippen LogP) is 4.09. The lowest BCUT2D eigenvalue weighted by molar-refractivity contribution is -0.137. The third-order valence-electron chi connectivity index (χ3n) is 3.55. The summed E-state index contributed by atoms with van der Waals surface area (Å²) in [6.07, 6.45) is 5.10. The van der Waals surface area contributed by atoms with Crippen LogP contribution in [0.4, 0.5) is 5.69 Å². The molecule has 122 valence electrons. The van der Waals surface area contributed by atoms with Crippen LogP contribution >= 0.6 is 0 Å². The zero-order chi connectivity index (χ0) is 16.5. The number of anilines is 1. The van der Waals surface area contributed by atoms with Crippen LogP contribution in [0.3, 0.4) is 0 Å². The lowest BCUT2D eigenvalue weighted by Gasteiger charge is -2.08. The highest BCUT2D eigenvalue weighted by Gasteiger charge is 1.99. The third-order valence-corrected chi connectivity index (χ3v) is 3.55. The Morgan fingerprint density at radius 1 is 1.00 bits per heavy atom. The van der Waals surface area contributed by atoms with Gasteiger partial charge in [-0.1, -0.05) is 18.7 Å². The molecule has 0 saturated carbocycles. The van der Waals surface area contributed by atoms with Crippen molar-refractivity contribution in [1.82, 2.24) is 0 Å². The van der Waals surface area contributed by atoms with Gasteiger partial charge in [0, 0.05) is 11.8 Å². The number of fused-ring (bicyclic) bond motifs is 1. The molecule has 0 spiro atoms. The van der Waals surface area contributed by atoms with E-state index in [2.05, 4.69) is 6.58 Å². The number of carbonyl (C=O) groups is 1. The summed E-state index contributed by atoms with van der Waals surface area (Å²) in [5, 5.41) is 2.24. The van der Waals surface area contributed by atoms with Crippen molar-refractivity contribution >= 4 is 22.4 Å². The van der Waals surface area contributed by atoms with Crippen LogP contribution in [0.5, 0.6) is 5.75 Å². The fourth-order valence-electron chi connectivity index (χ4n) is 2.31. The van der Waals surface area contributed by atoms with E-state index in [9.17, 15) is 4.79 Å². The average Bonchev–Trinajstić information content (AvgIpc) is 2.56. The Morgan fingerprint density at radius 3 is 2.52 bits per heavy atom. The first-order valence-electron chi connectivity index (χ1n) is 7.90. The zero-order valence-corrected chi connectivity index (χ0v) is 13.3. The normalized spacial score (nSPS) is 10.4. The molecule has 0 unspecified atom stereocenters. The van der Waals surface area contributed by atoms with Crippen LogP contribution in [0.25, 0.3) is 10.8 Å². The van der Waals surface area contributed by atoms with E-state index in [1.807, 2.05) is 36.4 Å². The van der Waals surface area contributed by atoms with Crippen molar-refractivity contribution in [2.45, 2.75) is 25.7 Å². The zero-order valence-electron chi connectivity index (χ0n) is 13.3. The second-order valence-electron chi connectivity index (χ2n) is 5.40. The van der Waals surface area contributed by atoms with Crippen LogP contribution in [0, 0.1) is 0 Å². The van der Waals surface area contributed by atoms with Gasteiger partial charge in [0.1, 0.15) is 5.75 Å². The molecule has 2 aromatic rings. The molecule has 0 aliphatic carbocycles. The first kappa shape index (κ1) is 16.9. The topological polar surface area (TPSA) is 61.5 Å². The van der Waals surface area contributed by atoms with Crippen LogP contribution in [0.1, 0.15) is 25.7 Å². The Kier molecular flexibility index (Phi) is 6.48. The minimum Gasteiger partial charge on any atom is -0.494 e. The second kappa shape index (κ2) is 8.83. The first-order valence-corrected chi connectivity index (χ1v) is 7.90. The maximum absolute atomic E-state index is 10.8. The molecule has 0 bridgehead atoms. The molecule has 0 aliphatic heterocycles. The first-order chi connectivity index (χ1) is 11.2. The van der Waals surface area contributed by atoms with Crippen molar-refractivity contribution in [3.8, 4) is 5.75 Å². The van der Waals surface area contributed by atoms with E-state index < -0.39 is 0 Å². The number of esters is 1.